The maximum absolute atomic E-state index is 5.15. The summed E-state index contributed by atoms with van der Waals surface area (Å²) in [5, 5.41) is 8.47. The Balaban J connectivity index is 1.43. The van der Waals surface area contributed by atoms with Gasteiger partial charge in [0.2, 0.25) is 0 Å². The number of hydrogen-bond acceptors (Lipinski definition) is 7. The van der Waals surface area contributed by atoms with Crippen molar-refractivity contribution >= 4 is 76.6 Å². The van der Waals surface area contributed by atoms with Gasteiger partial charge < -0.3 is 0 Å². The average Bonchev–Trinajstić information content (AvgIpc) is 3.23. The minimum Gasteiger partial charge on any atom is -0.255 e. The number of aromatic nitrogens is 7. The van der Waals surface area contributed by atoms with Gasteiger partial charge in [0.15, 0.2) is 34.2 Å². The highest BCUT2D eigenvalue weighted by molar-refractivity contribution is 6.08. The molecule has 242 valence electrons. The van der Waals surface area contributed by atoms with E-state index >= 15 is 0 Å². The van der Waals surface area contributed by atoms with Crippen LogP contribution in [0.25, 0.3) is 99.4 Å². The molecule has 0 aliphatic heterocycles. The Morgan fingerprint density at radius 2 is 0.712 bits per heavy atom. The molecule has 0 aliphatic carbocycles. The minimum absolute atomic E-state index is 0.550. The smallest absolute Gasteiger partial charge is 0.166 e. The van der Waals surface area contributed by atoms with E-state index in [1.807, 2.05) is 109 Å². The monoisotopic (exact) mass is 665 g/mol. The molecule has 7 heteroatoms. The van der Waals surface area contributed by atoms with Crippen molar-refractivity contribution in [1.29, 1.82) is 0 Å². The molecule has 0 fully saturated rings. The van der Waals surface area contributed by atoms with Crippen molar-refractivity contribution in [2.24, 2.45) is 0 Å². The maximum Gasteiger partial charge on any atom is 0.166 e. The topological polar surface area (TPSA) is 90.2 Å². The number of nitrogens with zero attached hydrogens (tertiary/aromatic N) is 7. The van der Waals surface area contributed by atoms with Crippen molar-refractivity contribution in [1.82, 2.24) is 34.9 Å². The van der Waals surface area contributed by atoms with Gasteiger partial charge in [-0.1, -0.05) is 121 Å². The van der Waals surface area contributed by atoms with E-state index in [-0.39, 0.29) is 0 Å². The summed E-state index contributed by atoms with van der Waals surface area (Å²) in [7, 11) is 0. The molecule has 0 saturated carbocycles. The first-order valence-electron chi connectivity index (χ1n) is 17.1. The first-order chi connectivity index (χ1) is 25.7. The molecular weight excluding hydrogens is 639 g/mol. The number of fused-ring (bicyclic) bond motifs is 20. The maximum atomic E-state index is 5.15. The summed E-state index contributed by atoms with van der Waals surface area (Å²) in [5.74, 6) is 1.21. The molecule has 0 spiro atoms. The molecule has 0 N–H and O–H groups in total. The summed E-state index contributed by atoms with van der Waals surface area (Å²) in [6.45, 7) is 0. The standard InChI is InChI=1S/C45H27N7/c1-3-11-28(12-4-1)40-47-42-34-18-7-15-30(23-34)31-16-8-19-35(24-31)44-49-41(29-13-5-2-6-14-29)51-45(52-44)38-27-37(26-33-21-10-22-46-39(33)38)32-17-9-20-36(25-32)43(48-40)50-42/h1-27H. The highest BCUT2D eigenvalue weighted by atomic mass is 15.0. The first kappa shape index (κ1) is 29.6. The zero-order valence-electron chi connectivity index (χ0n) is 27.7. The Morgan fingerprint density at radius 1 is 0.288 bits per heavy atom. The van der Waals surface area contributed by atoms with E-state index in [1.165, 1.54) is 0 Å². The summed E-state index contributed by atoms with van der Waals surface area (Å²) in [6, 6.07) is 53.4. The normalized spacial score (nSPS) is 11.5. The molecule has 0 amide bonds. The molecule has 0 radical (unpaired) electrons. The molecule has 0 unspecified atom stereocenters. The van der Waals surface area contributed by atoms with Gasteiger partial charge in [0.1, 0.15) is 0 Å². The van der Waals surface area contributed by atoms with Gasteiger partial charge >= 0.3 is 0 Å². The molecule has 0 atom stereocenters. The van der Waals surface area contributed by atoms with Gasteiger partial charge in [0.05, 0.1) is 5.52 Å². The number of benzene rings is 6. The molecule has 0 saturated heterocycles. The third-order valence-corrected chi connectivity index (χ3v) is 9.31. The zero-order chi connectivity index (χ0) is 34.4. The van der Waals surface area contributed by atoms with Gasteiger partial charge in [0.25, 0.3) is 0 Å². The molecule has 0 aliphatic rings. The van der Waals surface area contributed by atoms with Gasteiger partial charge in [-0.15, -0.1) is 0 Å². The lowest BCUT2D eigenvalue weighted by Gasteiger charge is -2.06. The summed E-state index contributed by atoms with van der Waals surface area (Å²) in [5.41, 5.74) is 4.96. The fourth-order valence-corrected chi connectivity index (χ4v) is 6.74. The second-order valence-corrected chi connectivity index (χ2v) is 12.7. The van der Waals surface area contributed by atoms with E-state index in [0.29, 0.717) is 34.2 Å². The van der Waals surface area contributed by atoms with Crippen molar-refractivity contribution in [3.05, 3.63) is 164 Å². The molecule has 10 rings (SSSR count). The van der Waals surface area contributed by atoms with Crippen LogP contribution < -0.4 is 0 Å². The molecule has 6 aromatic carbocycles. The molecule has 52 heavy (non-hydrogen) atoms. The fourth-order valence-electron chi connectivity index (χ4n) is 6.74. The fraction of sp³-hybridized carbons (Fsp3) is 0. The second kappa shape index (κ2) is 12.3. The molecule has 12 bridgehead atoms. The minimum atomic E-state index is 0.550. The predicted octanol–water partition coefficient (Wildman–Crippen LogP) is 10.5. The second-order valence-electron chi connectivity index (χ2n) is 12.7. The van der Waals surface area contributed by atoms with Gasteiger partial charge in [-0.25, -0.2) is 29.9 Å². The largest absolute Gasteiger partial charge is 0.255 e. The Kier molecular flexibility index (Phi) is 6.99. The van der Waals surface area contributed by atoms with E-state index in [4.69, 9.17) is 34.9 Å². The first-order valence-corrected chi connectivity index (χ1v) is 17.1. The molecular formula is C45H27N7. The van der Waals surface area contributed by atoms with E-state index in [1.54, 1.807) is 0 Å². The van der Waals surface area contributed by atoms with E-state index in [2.05, 4.69) is 54.6 Å². The summed E-state index contributed by atoms with van der Waals surface area (Å²) >= 11 is 0. The van der Waals surface area contributed by atoms with E-state index in [0.717, 1.165) is 65.1 Å². The van der Waals surface area contributed by atoms with Gasteiger partial charge in [-0.05, 0) is 57.9 Å². The summed E-state index contributed by atoms with van der Waals surface area (Å²) < 4.78 is 0. The number of pyridine rings is 1. The highest BCUT2D eigenvalue weighted by Gasteiger charge is 2.11. The third-order valence-electron chi connectivity index (χ3n) is 9.31. The molecule has 4 aromatic heterocycles. The van der Waals surface area contributed by atoms with Crippen molar-refractivity contribution in [3.8, 4) is 22.8 Å². The predicted molar refractivity (Wildman–Crippen MR) is 211 cm³/mol. The Labute approximate surface area is 297 Å². The van der Waals surface area contributed by atoms with Crippen LogP contribution in [0.5, 0.6) is 0 Å². The lowest BCUT2D eigenvalue weighted by molar-refractivity contribution is 1.18. The molecule has 10 aromatic rings. The van der Waals surface area contributed by atoms with Crippen LogP contribution in [0.4, 0.5) is 0 Å². The summed E-state index contributed by atoms with van der Waals surface area (Å²) in [4.78, 5) is 35.2. The van der Waals surface area contributed by atoms with Crippen LogP contribution in [0.15, 0.2) is 164 Å². The van der Waals surface area contributed by atoms with E-state index in [9.17, 15) is 0 Å². The van der Waals surface area contributed by atoms with Gasteiger partial charge in [0, 0.05) is 44.3 Å². The third kappa shape index (κ3) is 5.37. The Bertz CT molecular complexity index is 3130. The molecule has 7 nitrogen and oxygen atoms in total. The average molecular weight is 666 g/mol. The van der Waals surface area contributed by atoms with Crippen LogP contribution >= 0.6 is 0 Å². The molecule has 4 heterocycles. The zero-order valence-corrected chi connectivity index (χ0v) is 27.7. The van der Waals surface area contributed by atoms with Crippen LogP contribution in [0.2, 0.25) is 0 Å². The SMILES string of the molecule is c1ccc(-c2nc3nc(n2)c2cccc(c2)c2cc4cccnc4c(c2)c2nc(-c4ccccc4)nc(n2)c2cccc(c2)c2cccc3c2)cc1. The quantitative estimate of drug-likeness (QED) is 0.181. The van der Waals surface area contributed by atoms with Gasteiger partial charge in [-0.2, -0.15) is 0 Å². The lowest BCUT2D eigenvalue weighted by atomic mass is 10.1. The van der Waals surface area contributed by atoms with E-state index < -0.39 is 0 Å². The lowest BCUT2D eigenvalue weighted by Crippen LogP contribution is -1.95. The summed E-state index contributed by atoms with van der Waals surface area (Å²) in [6.07, 6.45) is 1.81. The van der Waals surface area contributed by atoms with Crippen molar-refractivity contribution in [2.75, 3.05) is 0 Å². The Hall–Kier alpha value is -7.25. The van der Waals surface area contributed by atoms with Gasteiger partial charge in [-0.3, -0.25) is 4.98 Å². The van der Waals surface area contributed by atoms with Crippen LogP contribution in [0.1, 0.15) is 0 Å². The van der Waals surface area contributed by atoms with Crippen molar-refractivity contribution < 1.29 is 0 Å². The van der Waals surface area contributed by atoms with Crippen molar-refractivity contribution in [2.45, 2.75) is 0 Å². The number of rotatable bonds is 2. The Morgan fingerprint density at radius 3 is 1.25 bits per heavy atom. The van der Waals surface area contributed by atoms with Crippen molar-refractivity contribution in [3.63, 3.8) is 0 Å². The number of hydrogen-bond donors (Lipinski definition) is 0. The highest BCUT2D eigenvalue weighted by Crippen LogP contribution is 2.29. The van der Waals surface area contributed by atoms with Crippen LogP contribution in [0, 0.1) is 0 Å². The van der Waals surface area contributed by atoms with Crippen LogP contribution in [0.3, 0.4) is 0 Å². The van der Waals surface area contributed by atoms with Crippen LogP contribution in [-0.4, -0.2) is 34.9 Å². The van der Waals surface area contributed by atoms with Crippen LogP contribution in [-0.2, 0) is 0 Å².